The lowest BCUT2D eigenvalue weighted by atomic mass is 10.2. The molecule has 0 aliphatic carbocycles. The van der Waals surface area contributed by atoms with Gasteiger partial charge in [0.2, 0.25) is 0 Å². The molecule has 0 rings (SSSR count). The van der Waals surface area contributed by atoms with Gasteiger partial charge in [0.15, 0.2) is 25.0 Å². The molecule has 0 saturated carbocycles. The van der Waals surface area contributed by atoms with E-state index in [0.29, 0.717) is 6.54 Å². The molecule has 2 atom stereocenters. The highest BCUT2D eigenvalue weighted by Crippen LogP contribution is 2.38. The van der Waals surface area contributed by atoms with Crippen LogP contribution >= 0.6 is 0 Å². The Hall–Kier alpha value is 0.668. The molecule has 0 saturated heterocycles. The zero-order valence-electron chi connectivity index (χ0n) is 16.9. The van der Waals surface area contributed by atoms with Crippen LogP contribution in [0.2, 0.25) is 64.5 Å². The molecule has 5 nitrogen and oxygen atoms in total. The van der Waals surface area contributed by atoms with Crippen molar-refractivity contribution in [1.82, 2.24) is 0 Å². The summed E-state index contributed by atoms with van der Waals surface area (Å²) in [5.74, 6) is 0. The quantitative estimate of drug-likeness (QED) is 0.552. The summed E-state index contributed by atoms with van der Waals surface area (Å²) in [6.07, 6.45) is 0.865. The summed E-state index contributed by atoms with van der Waals surface area (Å²) in [5, 5.41) is 0. The van der Waals surface area contributed by atoms with Crippen LogP contribution in [0.5, 0.6) is 0 Å². The summed E-state index contributed by atoms with van der Waals surface area (Å²) in [4.78, 5) is 0. The van der Waals surface area contributed by atoms with E-state index in [0.717, 1.165) is 6.42 Å². The molecule has 0 bridgehead atoms. The lowest BCUT2D eigenvalue weighted by molar-refractivity contribution is 0.224. The number of nitrogens with two attached hydrogens (primary N) is 2. The zero-order chi connectivity index (χ0) is 18.7. The highest BCUT2D eigenvalue weighted by molar-refractivity contribution is 6.90. The molecule has 140 valence electrons. The first-order valence-corrected chi connectivity index (χ1v) is 20.6. The Morgan fingerprint density at radius 1 is 0.739 bits per heavy atom. The van der Waals surface area contributed by atoms with E-state index in [9.17, 15) is 0 Å². The largest absolute Gasteiger partial charge is 0.474 e. The normalized spacial score (nSPS) is 17.2. The van der Waals surface area contributed by atoms with Crippen LogP contribution in [-0.2, 0) is 12.3 Å². The molecule has 0 aliphatic heterocycles. The fraction of sp³-hybridized carbons (Fsp3) is 1.00. The number of rotatable bonds is 10. The predicted octanol–water partition coefficient (Wildman–Crippen LogP) is 3.55. The predicted molar refractivity (Wildman–Crippen MR) is 110 cm³/mol. The van der Waals surface area contributed by atoms with Gasteiger partial charge in [-0.05, 0) is 65.3 Å². The van der Waals surface area contributed by atoms with Crippen molar-refractivity contribution in [3.63, 3.8) is 0 Å². The number of hydrogen-bond acceptors (Lipinski definition) is 5. The molecule has 2 unspecified atom stereocenters. The van der Waals surface area contributed by atoms with Gasteiger partial charge >= 0.3 is 8.80 Å². The van der Waals surface area contributed by atoms with Crippen LogP contribution in [0.3, 0.4) is 0 Å². The summed E-state index contributed by atoms with van der Waals surface area (Å²) in [6.45, 7) is 22.3. The Labute approximate surface area is 148 Å². The first-order valence-electron chi connectivity index (χ1n) is 8.61. The summed E-state index contributed by atoms with van der Waals surface area (Å²) in [6, 6.07) is -0.157. The molecule has 0 aromatic heterocycles. The Morgan fingerprint density at radius 2 is 1.04 bits per heavy atom. The first kappa shape index (κ1) is 23.7. The van der Waals surface area contributed by atoms with E-state index in [4.69, 9.17) is 23.8 Å². The second-order valence-electron chi connectivity index (χ2n) is 9.16. The minimum atomic E-state index is -2.94. The maximum Gasteiger partial charge on any atom is 0.474 e. The van der Waals surface area contributed by atoms with Crippen molar-refractivity contribution in [1.29, 1.82) is 0 Å². The Bertz CT molecular complexity index is 324. The minimum Gasteiger partial charge on any atom is -0.417 e. The molecule has 0 spiro atoms. The molecule has 23 heavy (non-hydrogen) atoms. The summed E-state index contributed by atoms with van der Waals surface area (Å²) >= 11 is 0. The Balaban J connectivity index is 6.09. The second-order valence-corrected chi connectivity index (χ2v) is 26.2. The van der Waals surface area contributed by atoms with Crippen molar-refractivity contribution < 1.29 is 12.3 Å². The van der Waals surface area contributed by atoms with Crippen molar-refractivity contribution in [2.45, 2.75) is 83.9 Å². The van der Waals surface area contributed by atoms with Crippen molar-refractivity contribution in [3.05, 3.63) is 0 Å². The fourth-order valence-corrected chi connectivity index (χ4v) is 17.4. The van der Waals surface area contributed by atoms with E-state index >= 15 is 0 Å². The van der Waals surface area contributed by atoms with Gasteiger partial charge in [0.25, 0.3) is 0 Å². The van der Waals surface area contributed by atoms with E-state index in [1.165, 1.54) is 0 Å². The lowest BCUT2D eigenvalue weighted by Crippen LogP contribution is -2.66. The topological polar surface area (TPSA) is 79.7 Å². The van der Waals surface area contributed by atoms with Gasteiger partial charge in [-0.1, -0.05) is 6.92 Å². The van der Waals surface area contributed by atoms with Crippen LogP contribution in [0.4, 0.5) is 0 Å². The standard InChI is InChI=1S/C14H40N2O3Si4/c1-11-14(13(16)12-15)23(17-20(2,3)4,18-21(5,6)7)19-22(8,9)10/h13-14H,11-12,15-16H2,1-10H3. The van der Waals surface area contributed by atoms with Crippen LogP contribution in [0.15, 0.2) is 0 Å². The van der Waals surface area contributed by atoms with E-state index in [1.54, 1.807) is 0 Å². The Morgan fingerprint density at radius 3 is 1.22 bits per heavy atom. The van der Waals surface area contributed by atoms with Gasteiger partial charge in [-0.25, -0.2) is 0 Å². The van der Waals surface area contributed by atoms with E-state index in [1.807, 2.05) is 0 Å². The van der Waals surface area contributed by atoms with Crippen LogP contribution in [-0.4, -0.2) is 46.3 Å². The maximum atomic E-state index is 6.72. The van der Waals surface area contributed by atoms with Crippen molar-refractivity contribution >= 4 is 33.8 Å². The zero-order valence-corrected chi connectivity index (χ0v) is 20.9. The maximum absolute atomic E-state index is 6.72. The van der Waals surface area contributed by atoms with Crippen LogP contribution in [0.1, 0.15) is 13.3 Å². The molecular weight excluding hydrogens is 357 g/mol. The number of hydrogen-bond donors (Lipinski definition) is 2. The average Bonchev–Trinajstić information content (AvgIpc) is 2.21. The molecule has 0 fully saturated rings. The third-order valence-corrected chi connectivity index (χ3v) is 15.5. The summed E-state index contributed by atoms with van der Waals surface area (Å²) in [5.41, 5.74) is 12.3. The van der Waals surface area contributed by atoms with Gasteiger partial charge in [0, 0.05) is 18.1 Å². The van der Waals surface area contributed by atoms with Gasteiger partial charge in [-0.2, -0.15) is 0 Å². The van der Waals surface area contributed by atoms with Gasteiger partial charge in [-0.15, -0.1) is 0 Å². The lowest BCUT2D eigenvalue weighted by Gasteiger charge is -2.47. The Kier molecular flexibility index (Phi) is 8.61. The third kappa shape index (κ3) is 9.07. The van der Waals surface area contributed by atoms with Gasteiger partial charge in [-0.3, -0.25) is 0 Å². The third-order valence-electron chi connectivity index (χ3n) is 3.03. The van der Waals surface area contributed by atoms with Crippen LogP contribution in [0.25, 0.3) is 0 Å². The van der Waals surface area contributed by atoms with Crippen molar-refractivity contribution in [2.75, 3.05) is 6.54 Å². The fourth-order valence-electron chi connectivity index (χ4n) is 2.55. The second kappa shape index (κ2) is 8.37. The van der Waals surface area contributed by atoms with Crippen molar-refractivity contribution in [2.24, 2.45) is 11.5 Å². The van der Waals surface area contributed by atoms with E-state index < -0.39 is 33.8 Å². The molecule has 0 amide bonds. The van der Waals surface area contributed by atoms with Gasteiger partial charge < -0.3 is 23.8 Å². The van der Waals surface area contributed by atoms with Crippen LogP contribution < -0.4 is 11.5 Å². The summed E-state index contributed by atoms with van der Waals surface area (Å²) in [7, 11) is -8.55. The first-order chi connectivity index (χ1) is 10.1. The highest BCUT2D eigenvalue weighted by atomic mass is 28.5. The van der Waals surface area contributed by atoms with Crippen molar-refractivity contribution in [3.8, 4) is 0 Å². The molecule has 9 heteroatoms. The molecule has 0 aromatic rings. The molecule has 0 heterocycles. The molecule has 0 radical (unpaired) electrons. The van der Waals surface area contributed by atoms with Crippen LogP contribution in [0, 0.1) is 0 Å². The average molecular weight is 397 g/mol. The van der Waals surface area contributed by atoms with E-state index in [-0.39, 0.29) is 11.6 Å². The highest BCUT2D eigenvalue weighted by Gasteiger charge is 2.56. The van der Waals surface area contributed by atoms with Gasteiger partial charge in [0.05, 0.1) is 0 Å². The minimum absolute atomic E-state index is 0.0534. The molecular formula is C14H40N2O3Si4. The summed E-state index contributed by atoms with van der Waals surface area (Å²) < 4.78 is 20.2. The monoisotopic (exact) mass is 396 g/mol. The molecule has 0 aliphatic rings. The van der Waals surface area contributed by atoms with Gasteiger partial charge in [0.1, 0.15) is 0 Å². The smallest absolute Gasteiger partial charge is 0.417 e. The molecule has 4 N–H and O–H groups in total. The molecule has 0 aromatic carbocycles. The SMILES string of the molecule is CCC(C(N)CN)[Si](O[Si](C)(C)C)(O[Si](C)(C)C)O[Si](C)(C)C. The van der Waals surface area contributed by atoms with E-state index in [2.05, 4.69) is 65.8 Å².